The van der Waals surface area contributed by atoms with Gasteiger partial charge in [0.05, 0.1) is 35.4 Å². The van der Waals surface area contributed by atoms with Crippen molar-refractivity contribution >= 4 is 41.0 Å². The zero-order chi connectivity index (χ0) is 39.7. The summed E-state index contributed by atoms with van der Waals surface area (Å²) in [6.07, 6.45) is 3.70. The first-order chi connectivity index (χ1) is 25.8. The van der Waals surface area contributed by atoms with E-state index in [9.17, 15) is 22.4 Å². The standard InChI is InChI=1S/C38H40Cl2F4N8O3/c1-35(2,3)19-38(23-6-9-25(27(40)14-23)22-16-47-50(17-22)24-7-8-24)33(54)51(34(45)49-38)29(18-55-30(53)15-37(11-12-37)36(4,43)44)21-5-10-26(39)28(13-21)52-32(31(41)42)46-20-48-52/h5-6,9-10,13-14,16-17,20,24,29,31H,7-8,11-12,15,18-19H2,1-4H3,(H2,45,49)/t29-,38-/m1/s1. The number of esters is 1. The molecule has 2 aromatic carbocycles. The van der Waals surface area contributed by atoms with Crippen LogP contribution in [0.15, 0.2) is 60.1 Å². The van der Waals surface area contributed by atoms with Crippen LogP contribution < -0.4 is 5.73 Å². The summed E-state index contributed by atoms with van der Waals surface area (Å²) in [6.45, 7) is 6.07. The fraction of sp³-hybridized carbons (Fsp3) is 0.474. The van der Waals surface area contributed by atoms with Crippen molar-refractivity contribution in [2.24, 2.45) is 21.6 Å². The predicted octanol–water partition coefficient (Wildman–Crippen LogP) is 8.61. The molecule has 4 aromatic rings. The number of guanidine groups is 1. The number of carbonyl (C=O) groups is 2. The van der Waals surface area contributed by atoms with Gasteiger partial charge in [0.1, 0.15) is 12.9 Å². The molecular formula is C38H40Cl2F4N8O3. The Labute approximate surface area is 324 Å². The summed E-state index contributed by atoms with van der Waals surface area (Å²) in [5, 5.41) is 8.80. The van der Waals surface area contributed by atoms with E-state index in [4.69, 9.17) is 38.7 Å². The summed E-state index contributed by atoms with van der Waals surface area (Å²) >= 11 is 13.4. The quantitative estimate of drug-likeness (QED) is 0.106. The molecule has 0 bridgehead atoms. The van der Waals surface area contributed by atoms with E-state index >= 15 is 4.79 Å². The highest BCUT2D eigenvalue weighted by atomic mass is 35.5. The molecule has 0 spiro atoms. The molecule has 292 valence electrons. The number of carbonyl (C=O) groups excluding carboxylic acids is 2. The maximum atomic E-state index is 15.1. The van der Waals surface area contributed by atoms with Gasteiger partial charge in [0.15, 0.2) is 17.3 Å². The van der Waals surface area contributed by atoms with Crippen LogP contribution in [0.3, 0.4) is 0 Å². The summed E-state index contributed by atoms with van der Waals surface area (Å²) in [5.74, 6) is -5.48. The van der Waals surface area contributed by atoms with Gasteiger partial charge in [-0.2, -0.15) is 10.2 Å². The van der Waals surface area contributed by atoms with Crippen LogP contribution in [0, 0.1) is 10.8 Å². The van der Waals surface area contributed by atoms with Crippen molar-refractivity contribution in [1.82, 2.24) is 29.4 Å². The number of aromatic nitrogens is 5. The summed E-state index contributed by atoms with van der Waals surface area (Å²) in [4.78, 5) is 37.9. The molecule has 2 aromatic heterocycles. The minimum atomic E-state index is -3.11. The molecule has 3 aliphatic rings. The summed E-state index contributed by atoms with van der Waals surface area (Å²) < 4.78 is 65.1. The van der Waals surface area contributed by atoms with Crippen molar-refractivity contribution in [3.8, 4) is 16.8 Å². The van der Waals surface area contributed by atoms with E-state index < -0.39 is 65.5 Å². The Morgan fingerprint density at radius 1 is 1.05 bits per heavy atom. The van der Waals surface area contributed by atoms with Crippen LogP contribution in [0.1, 0.15) is 102 Å². The Morgan fingerprint density at radius 3 is 2.40 bits per heavy atom. The SMILES string of the molecule is CC(C)(C)C[C@]1(c2ccc(-c3cnn(C4CC4)c3)c(Cl)c2)N=C(N)N([C@H](COC(=O)CC2(C(C)(F)F)CC2)c2ccc(Cl)c(-n3ncnc3C(F)F)c2)C1=O. The van der Waals surface area contributed by atoms with E-state index in [1.165, 1.54) is 23.1 Å². The van der Waals surface area contributed by atoms with Crippen molar-refractivity contribution in [3.05, 3.63) is 82.1 Å². The molecule has 7 rings (SSSR count). The van der Waals surface area contributed by atoms with Crippen molar-refractivity contribution in [2.45, 2.75) is 96.2 Å². The van der Waals surface area contributed by atoms with Crippen LogP contribution in [0.5, 0.6) is 0 Å². The smallest absolute Gasteiger partial charge is 0.306 e. The third-order valence-corrected chi connectivity index (χ3v) is 11.2. The third kappa shape index (κ3) is 7.44. The molecule has 3 heterocycles. The molecule has 2 saturated carbocycles. The zero-order valence-corrected chi connectivity index (χ0v) is 32.1. The van der Waals surface area contributed by atoms with Crippen LogP contribution in [0.2, 0.25) is 10.0 Å². The van der Waals surface area contributed by atoms with Gasteiger partial charge in [-0.3, -0.25) is 19.2 Å². The minimum absolute atomic E-state index is 0.00124. The number of rotatable bonds is 13. The summed E-state index contributed by atoms with van der Waals surface area (Å²) in [5.41, 5.74) is 5.28. The van der Waals surface area contributed by atoms with Crippen LogP contribution in [-0.2, 0) is 19.9 Å². The van der Waals surface area contributed by atoms with E-state index in [1.807, 2.05) is 31.6 Å². The van der Waals surface area contributed by atoms with E-state index in [0.29, 0.717) is 22.2 Å². The number of ether oxygens (including phenoxy) is 1. The average Bonchev–Trinajstić information content (AvgIpc) is 3.97. The molecule has 1 aliphatic heterocycles. The second-order valence-corrected chi connectivity index (χ2v) is 16.8. The van der Waals surface area contributed by atoms with E-state index in [-0.39, 0.29) is 41.5 Å². The molecule has 0 saturated heterocycles. The molecule has 0 radical (unpaired) electrons. The molecule has 2 aliphatic carbocycles. The van der Waals surface area contributed by atoms with Crippen molar-refractivity contribution in [2.75, 3.05) is 6.61 Å². The van der Waals surface area contributed by atoms with Crippen molar-refractivity contribution in [3.63, 3.8) is 0 Å². The topological polar surface area (TPSA) is 134 Å². The highest BCUT2D eigenvalue weighted by molar-refractivity contribution is 6.33. The molecule has 11 nitrogen and oxygen atoms in total. The summed E-state index contributed by atoms with van der Waals surface area (Å²) in [7, 11) is 0. The maximum Gasteiger partial charge on any atom is 0.306 e. The van der Waals surface area contributed by atoms with Gasteiger partial charge in [-0.05, 0) is 73.8 Å². The van der Waals surface area contributed by atoms with Gasteiger partial charge in [-0.15, -0.1) is 0 Å². The lowest BCUT2D eigenvalue weighted by Gasteiger charge is -2.35. The van der Waals surface area contributed by atoms with Crippen LogP contribution in [0.4, 0.5) is 17.6 Å². The summed E-state index contributed by atoms with van der Waals surface area (Å²) in [6, 6.07) is 8.75. The molecule has 2 N–H and O–H groups in total. The van der Waals surface area contributed by atoms with Gasteiger partial charge in [0, 0.05) is 27.8 Å². The number of hydrogen-bond acceptors (Lipinski definition) is 8. The lowest BCUT2D eigenvalue weighted by molar-refractivity contribution is -0.153. The first kappa shape index (κ1) is 38.8. The first-order valence-electron chi connectivity index (χ1n) is 17.9. The molecule has 17 heteroatoms. The van der Waals surface area contributed by atoms with Gasteiger partial charge >= 0.3 is 5.97 Å². The zero-order valence-electron chi connectivity index (χ0n) is 30.6. The monoisotopic (exact) mass is 802 g/mol. The lowest BCUT2D eigenvalue weighted by Crippen LogP contribution is -2.47. The second-order valence-electron chi connectivity index (χ2n) is 16.0. The predicted molar refractivity (Wildman–Crippen MR) is 197 cm³/mol. The number of amides is 1. The Morgan fingerprint density at radius 2 is 1.78 bits per heavy atom. The van der Waals surface area contributed by atoms with Crippen molar-refractivity contribution in [1.29, 1.82) is 0 Å². The van der Waals surface area contributed by atoms with Gasteiger partial charge < -0.3 is 10.5 Å². The van der Waals surface area contributed by atoms with Crippen LogP contribution >= 0.6 is 23.2 Å². The molecule has 1 amide bonds. The molecule has 55 heavy (non-hydrogen) atoms. The van der Waals surface area contributed by atoms with Crippen LogP contribution in [-0.4, -0.2) is 59.8 Å². The fourth-order valence-corrected chi connectivity index (χ4v) is 7.81. The van der Waals surface area contributed by atoms with Gasteiger partial charge in [0.25, 0.3) is 18.3 Å². The van der Waals surface area contributed by atoms with Gasteiger partial charge in [0.2, 0.25) is 0 Å². The Balaban J connectivity index is 1.28. The molecular weight excluding hydrogens is 763 g/mol. The van der Waals surface area contributed by atoms with E-state index in [2.05, 4.69) is 15.2 Å². The Bertz CT molecular complexity index is 2170. The average molecular weight is 804 g/mol. The van der Waals surface area contributed by atoms with Gasteiger partial charge in [-0.25, -0.2) is 32.2 Å². The largest absolute Gasteiger partial charge is 0.463 e. The second kappa shape index (κ2) is 13.9. The number of nitrogens with two attached hydrogens (primary N) is 1. The van der Waals surface area contributed by atoms with Crippen molar-refractivity contribution < 1.29 is 31.9 Å². The number of hydrogen-bond donors (Lipinski definition) is 1. The molecule has 2 fully saturated rings. The molecule has 2 atom stereocenters. The number of aliphatic imine (C=N–C) groups is 1. The Kier molecular flexibility index (Phi) is 9.80. The van der Waals surface area contributed by atoms with Gasteiger partial charge in [-0.1, -0.05) is 62.2 Å². The lowest BCUT2D eigenvalue weighted by atomic mass is 9.75. The third-order valence-electron chi connectivity index (χ3n) is 10.5. The first-order valence-corrected chi connectivity index (χ1v) is 18.6. The normalized spacial score (nSPS) is 20.2. The molecule has 0 unspecified atom stereocenters. The highest BCUT2D eigenvalue weighted by Crippen LogP contribution is 2.59. The number of alkyl halides is 4. The number of benzene rings is 2. The Hall–Kier alpha value is -4.50. The van der Waals surface area contributed by atoms with E-state index in [1.54, 1.807) is 24.4 Å². The number of nitrogens with zero attached hydrogens (tertiary/aromatic N) is 7. The minimum Gasteiger partial charge on any atom is -0.463 e. The van der Waals surface area contributed by atoms with Crippen LogP contribution in [0.25, 0.3) is 16.8 Å². The number of halogens is 6. The maximum absolute atomic E-state index is 15.1. The highest BCUT2D eigenvalue weighted by Gasteiger charge is 2.60. The fourth-order valence-electron chi connectivity index (χ4n) is 7.32. The van der Waals surface area contributed by atoms with E-state index in [0.717, 1.165) is 36.3 Å².